The van der Waals surface area contributed by atoms with Crippen LogP contribution < -0.4 is 5.32 Å². The number of hydrogen-bond donors (Lipinski definition) is 1. The molecule has 3 amide bonds. The first-order chi connectivity index (χ1) is 10.9. The highest BCUT2D eigenvalue weighted by Gasteiger charge is 2.49. The highest BCUT2D eigenvalue weighted by atomic mass is 16.5. The van der Waals surface area contributed by atoms with Crippen molar-refractivity contribution >= 4 is 11.9 Å². The number of imide groups is 1. The van der Waals surface area contributed by atoms with Crippen LogP contribution in [0.1, 0.15) is 36.4 Å². The second-order valence-electron chi connectivity index (χ2n) is 5.87. The van der Waals surface area contributed by atoms with Gasteiger partial charge in [-0.05, 0) is 20.3 Å². The Morgan fingerprint density at radius 1 is 1.39 bits per heavy atom. The fourth-order valence-electron chi connectivity index (χ4n) is 2.79. The Morgan fingerprint density at radius 3 is 2.74 bits per heavy atom. The van der Waals surface area contributed by atoms with Crippen LogP contribution >= 0.6 is 0 Å². The third-order valence-corrected chi connectivity index (χ3v) is 4.27. The Kier molecular flexibility index (Phi) is 3.46. The maximum absolute atomic E-state index is 12.8. The van der Waals surface area contributed by atoms with Gasteiger partial charge in [-0.2, -0.15) is 5.10 Å². The van der Waals surface area contributed by atoms with Gasteiger partial charge in [0.2, 0.25) is 0 Å². The largest absolute Gasteiger partial charge is 0.361 e. The van der Waals surface area contributed by atoms with E-state index in [1.165, 1.54) is 4.90 Å². The van der Waals surface area contributed by atoms with Gasteiger partial charge in [0.15, 0.2) is 0 Å². The molecule has 8 heteroatoms. The summed E-state index contributed by atoms with van der Waals surface area (Å²) in [4.78, 5) is 26.4. The predicted molar refractivity (Wildman–Crippen MR) is 80.3 cm³/mol. The molecule has 0 spiro atoms. The Bertz CT molecular complexity index is 778. The minimum atomic E-state index is -1.11. The van der Waals surface area contributed by atoms with E-state index in [0.717, 1.165) is 11.3 Å². The molecule has 0 aliphatic carbocycles. The van der Waals surface area contributed by atoms with Gasteiger partial charge in [0.05, 0.1) is 18.4 Å². The van der Waals surface area contributed by atoms with Crippen molar-refractivity contribution in [2.75, 3.05) is 0 Å². The molecule has 0 bridgehead atoms. The second-order valence-corrected chi connectivity index (χ2v) is 5.87. The highest BCUT2D eigenvalue weighted by molar-refractivity contribution is 6.07. The maximum Gasteiger partial charge on any atom is 0.325 e. The van der Waals surface area contributed by atoms with Crippen LogP contribution in [0.4, 0.5) is 4.79 Å². The van der Waals surface area contributed by atoms with E-state index in [4.69, 9.17) is 4.52 Å². The number of urea groups is 1. The number of aryl methyl sites for hydroxylation is 3. The van der Waals surface area contributed by atoms with Crippen LogP contribution in [0.15, 0.2) is 16.9 Å². The van der Waals surface area contributed by atoms with Gasteiger partial charge >= 0.3 is 6.03 Å². The van der Waals surface area contributed by atoms with Crippen molar-refractivity contribution in [2.24, 2.45) is 7.05 Å². The lowest BCUT2D eigenvalue weighted by Gasteiger charge is -2.20. The minimum absolute atomic E-state index is 0.152. The van der Waals surface area contributed by atoms with E-state index in [0.29, 0.717) is 17.7 Å². The molecule has 1 N–H and O–H groups in total. The Hall–Kier alpha value is -2.64. The van der Waals surface area contributed by atoms with Crippen molar-refractivity contribution in [3.05, 3.63) is 35.0 Å². The summed E-state index contributed by atoms with van der Waals surface area (Å²) >= 11 is 0. The van der Waals surface area contributed by atoms with Gasteiger partial charge in [-0.3, -0.25) is 14.4 Å². The molecule has 8 nitrogen and oxygen atoms in total. The van der Waals surface area contributed by atoms with Crippen molar-refractivity contribution < 1.29 is 14.1 Å². The van der Waals surface area contributed by atoms with E-state index in [-0.39, 0.29) is 12.5 Å². The van der Waals surface area contributed by atoms with E-state index in [9.17, 15) is 9.59 Å². The quantitative estimate of drug-likeness (QED) is 0.857. The first-order valence-corrected chi connectivity index (χ1v) is 7.44. The van der Waals surface area contributed by atoms with Gasteiger partial charge < -0.3 is 9.84 Å². The number of aromatic nitrogens is 3. The summed E-state index contributed by atoms with van der Waals surface area (Å²) in [6.07, 6.45) is 3.99. The molecule has 0 unspecified atom stereocenters. The summed E-state index contributed by atoms with van der Waals surface area (Å²) in [7, 11) is 1.76. The molecule has 1 aliphatic heterocycles. The Labute approximate surface area is 133 Å². The molecule has 1 saturated heterocycles. The smallest absolute Gasteiger partial charge is 0.325 e. The number of carbonyl (C=O) groups excluding carboxylic acids is 2. The molecule has 2 aromatic rings. The lowest BCUT2D eigenvalue weighted by Crippen LogP contribution is -2.40. The van der Waals surface area contributed by atoms with E-state index in [1.807, 2.05) is 6.92 Å². The molecule has 3 rings (SSSR count). The zero-order valence-electron chi connectivity index (χ0n) is 13.6. The summed E-state index contributed by atoms with van der Waals surface area (Å²) in [5, 5.41) is 10.8. The van der Waals surface area contributed by atoms with Crippen LogP contribution in [0.3, 0.4) is 0 Å². The third-order valence-electron chi connectivity index (χ3n) is 4.27. The van der Waals surface area contributed by atoms with Crippen molar-refractivity contribution in [1.82, 2.24) is 25.2 Å². The van der Waals surface area contributed by atoms with Crippen LogP contribution in [0.5, 0.6) is 0 Å². The zero-order valence-corrected chi connectivity index (χ0v) is 13.6. The SMILES string of the molecule is CCc1noc(C)c1CN1C(=O)N[C@@](C)(c2cnn(C)c2)C1=O. The van der Waals surface area contributed by atoms with Gasteiger partial charge in [-0.1, -0.05) is 12.1 Å². The highest BCUT2D eigenvalue weighted by Crippen LogP contribution is 2.30. The lowest BCUT2D eigenvalue weighted by atomic mass is 9.95. The summed E-state index contributed by atoms with van der Waals surface area (Å²) in [6, 6.07) is -0.427. The lowest BCUT2D eigenvalue weighted by molar-refractivity contribution is -0.131. The molecule has 1 atom stereocenters. The fourth-order valence-corrected chi connectivity index (χ4v) is 2.79. The zero-order chi connectivity index (χ0) is 16.8. The Balaban J connectivity index is 1.91. The summed E-state index contributed by atoms with van der Waals surface area (Å²) in [5.74, 6) is 0.315. The molecule has 1 aliphatic rings. The van der Waals surface area contributed by atoms with Crippen molar-refractivity contribution in [2.45, 2.75) is 39.3 Å². The number of nitrogens with one attached hydrogen (secondary N) is 1. The summed E-state index contributed by atoms with van der Waals surface area (Å²) in [6.45, 7) is 5.57. The predicted octanol–water partition coefficient (Wildman–Crippen LogP) is 1.25. The van der Waals surface area contributed by atoms with Crippen molar-refractivity contribution in [3.8, 4) is 0 Å². The molecule has 0 aromatic carbocycles. The third kappa shape index (κ3) is 2.30. The van der Waals surface area contributed by atoms with E-state index < -0.39 is 11.6 Å². The topological polar surface area (TPSA) is 93.3 Å². The van der Waals surface area contributed by atoms with Gasteiger partial charge in [-0.15, -0.1) is 0 Å². The van der Waals surface area contributed by atoms with Crippen molar-refractivity contribution in [3.63, 3.8) is 0 Å². The molecule has 0 saturated carbocycles. The van der Waals surface area contributed by atoms with Gasteiger partial charge in [0.25, 0.3) is 5.91 Å². The fraction of sp³-hybridized carbons (Fsp3) is 0.467. The normalized spacial score (nSPS) is 21.1. The molecule has 2 aromatic heterocycles. The number of nitrogens with zero attached hydrogens (tertiary/aromatic N) is 4. The molecule has 23 heavy (non-hydrogen) atoms. The molecular formula is C15H19N5O3. The van der Waals surface area contributed by atoms with Crippen molar-refractivity contribution in [1.29, 1.82) is 0 Å². The second kappa shape index (κ2) is 5.22. The average Bonchev–Trinajstić information content (AvgIpc) is 3.15. The summed E-state index contributed by atoms with van der Waals surface area (Å²) in [5.41, 5.74) is 1.09. The monoisotopic (exact) mass is 317 g/mol. The number of rotatable bonds is 4. The first-order valence-electron chi connectivity index (χ1n) is 7.44. The van der Waals surface area contributed by atoms with Gasteiger partial charge in [-0.25, -0.2) is 4.79 Å². The standard InChI is InChI=1S/C15H19N5O3/c1-5-12-11(9(2)23-18-12)8-20-13(21)15(3,17-14(20)22)10-6-16-19(4)7-10/h6-7H,5,8H2,1-4H3,(H,17,22)/t15-/m0/s1. The van der Waals surface area contributed by atoms with E-state index >= 15 is 0 Å². The molecule has 122 valence electrons. The van der Waals surface area contributed by atoms with Crippen LogP contribution in [-0.2, 0) is 30.3 Å². The van der Waals surface area contributed by atoms with Gasteiger partial charge in [0.1, 0.15) is 11.3 Å². The Morgan fingerprint density at radius 2 is 2.13 bits per heavy atom. The van der Waals surface area contributed by atoms with Crippen LogP contribution in [-0.4, -0.2) is 31.8 Å². The molecule has 0 radical (unpaired) electrons. The molecule has 1 fully saturated rings. The minimum Gasteiger partial charge on any atom is -0.361 e. The first kappa shape index (κ1) is 15.3. The maximum atomic E-state index is 12.8. The van der Waals surface area contributed by atoms with Crippen LogP contribution in [0.25, 0.3) is 0 Å². The van der Waals surface area contributed by atoms with Gasteiger partial charge in [0, 0.05) is 24.4 Å². The number of carbonyl (C=O) groups is 2. The molecular weight excluding hydrogens is 298 g/mol. The average molecular weight is 317 g/mol. The van der Waals surface area contributed by atoms with Crippen LogP contribution in [0, 0.1) is 6.92 Å². The number of amides is 3. The van der Waals surface area contributed by atoms with E-state index in [1.54, 1.807) is 38.0 Å². The summed E-state index contributed by atoms with van der Waals surface area (Å²) < 4.78 is 6.77. The van der Waals surface area contributed by atoms with Crippen LogP contribution in [0.2, 0.25) is 0 Å². The molecule has 3 heterocycles. The van der Waals surface area contributed by atoms with E-state index in [2.05, 4.69) is 15.6 Å². The number of hydrogen-bond acceptors (Lipinski definition) is 5.